The number of aromatic nitrogens is 4. The first-order chi connectivity index (χ1) is 21.6. The van der Waals surface area contributed by atoms with Crippen molar-refractivity contribution in [2.45, 2.75) is 70.7 Å². The van der Waals surface area contributed by atoms with E-state index in [-0.39, 0.29) is 23.0 Å². The van der Waals surface area contributed by atoms with Crippen molar-refractivity contribution in [3.63, 3.8) is 0 Å². The van der Waals surface area contributed by atoms with Crippen LogP contribution in [0.3, 0.4) is 0 Å². The van der Waals surface area contributed by atoms with Gasteiger partial charge >= 0.3 is 12.1 Å². The third-order valence-electron chi connectivity index (χ3n) is 6.83. The Morgan fingerprint density at radius 1 is 0.848 bits per heavy atom. The number of amides is 1. The van der Waals surface area contributed by atoms with Gasteiger partial charge in [-0.25, -0.2) is 27.9 Å². The lowest BCUT2D eigenvalue weighted by atomic mass is 9.85. The first-order valence-electron chi connectivity index (χ1n) is 14.5. The summed E-state index contributed by atoms with van der Waals surface area (Å²) in [6, 6.07) is 16.2. The van der Waals surface area contributed by atoms with Crippen LogP contribution in [0.15, 0.2) is 96.4 Å². The maximum Gasteiger partial charge on any atom is 0.416 e. The minimum absolute atomic E-state index is 0.00496. The number of benzene rings is 1. The molecular weight excluding hydrogens is 608 g/mol. The Morgan fingerprint density at radius 2 is 1.57 bits per heavy atom. The zero-order valence-electron chi connectivity index (χ0n) is 26.6. The molecule has 0 saturated heterocycles. The van der Waals surface area contributed by atoms with E-state index in [2.05, 4.69) is 20.2 Å². The largest absolute Gasteiger partial charge is 0.480 e. The highest BCUT2D eigenvalue weighted by molar-refractivity contribution is 7.89. The molecule has 1 aromatic carbocycles. The number of hydrogen-bond donors (Lipinski definition) is 1. The van der Waals surface area contributed by atoms with Crippen LogP contribution in [0.5, 0.6) is 0 Å². The number of carboxylic acid groups (broad SMARTS) is 1. The van der Waals surface area contributed by atoms with E-state index in [0.717, 1.165) is 4.90 Å². The lowest BCUT2D eigenvalue weighted by Gasteiger charge is -2.37. The van der Waals surface area contributed by atoms with Crippen molar-refractivity contribution in [3.8, 4) is 0 Å². The minimum atomic E-state index is -4.24. The van der Waals surface area contributed by atoms with E-state index in [0.29, 0.717) is 11.1 Å². The fraction of sp³-hybridized carbons (Fsp3) is 0.333. The molecule has 2 unspecified atom stereocenters. The number of ether oxygens (including phenoxy) is 1. The van der Waals surface area contributed by atoms with Crippen molar-refractivity contribution in [2.24, 2.45) is 5.41 Å². The van der Waals surface area contributed by atoms with Gasteiger partial charge < -0.3 is 9.84 Å². The molecule has 0 aliphatic heterocycles. The van der Waals surface area contributed by atoms with Gasteiger partial charge in [-0.15, -0.1) is 0 Å². The van der Waals surface area contributed by atoms with Crippen LogP contribution < -0.4 is 4.90 Å². The minimum Gasteiger partial charge on any atom is -0.480 e. The summed E-state index contributed by atoms with van der Waals surface area (Å²) >= 11 is 0. The number of rotatable bonds is 10. The molecule has 3 aromatic heterocycles. The number of carbonyl (C=O) groups excluding carboxylic acids is 1. The van der Waals surface area contributed by atoms with Crippen molar-refractivity contribution in [3.05, 3.63) is 108 Å². The van der Waals surface area contributed by atoms with Crippen LogP contribution in [0, 0.1) is 5.41 Å². The molecule has 0 aliphatic rings. The molecule has 3 heterocycles. The smallest absolute Gasteiger partial charge is 0.416 e. The molecule has 1 amide bonds. The van der Waals surface area contributed by atoms with Gasteiger partial charge in [-0.05, 0) is 67.6 Å². The molecule has 0 fully saturated rings. The molecule has 0 radical (unpaired) electrons. The number of pyridine rings is 2. The summed E-state index contributed by atoms with van der Waals surface area (Å²) in [5, 5.41) is 18.2. The molecule has 46 heavy (non-hydrogen) atoms. The van der Waals surface area contributed by atoms with Gasteiger partial charge in [0.25, 0.3) is 0 Å². The number of nitrogens with zero attached hydrogens (tertiary/aromatic N) is 6. The highest BCUT2D eigenvalue weighted by atomic mass is 32.2. The van der Waals surface area contributed by atoms with Crippen molar-refractivity contribution < 1.29 is 27.9 Å². The van der Waals surface area contributed by atoms with E-state index >= 15 is 0 Å². The van der Waals surface area contributed by atoms with Crippen molar-refractivity contribution in [2.75, 3.05) is 4.90 Å². The molecule has 4 aromatic rings. The molecule has 12 nitrogen and oxygen atoms in total. The summed E-state index contributed by atoms with van der Waals surface area (Å²) in [5.74, 6) is -1.25. The zero-order chi connectivity index (χ0) is 33.7. The number of carbonyl (C=O) groups is 2. The Morgan fingerprint density at radius 3 is 2.13 bits per heavy atom. The first-order valence-corrected chi connectivity index (χ1v) is 16.0. The average molecular weight is 647 g/mol. The van der Waals surface area contributed by atoms with Gasteiger partial charge in [0.15, 0.2) is 0 Å². The van der Waals surface area contributed by atoms with E-state index in [1.54, 1.807) is 59.7 Å². The standard InChI is InChI=1S/C33H38N6O6S/c1-32(2,3)29(30(40)41)39(31(42)45-33(4,5)6)27-16-10-14-25(37-27)22-38(46(43,44)26-15-11-18-34-21-26)28(23-12-8-7-9-13-23)24-17-19-35-36-20-24/h7-21,28-29H,22H2,1-6H3,(H,40,41). The van der Waals surface area contributed by atoms with Gasteiger partial charge in [-0.3, -0.25) is 4.98 Å². The lowest BCUT2D eigenvalue weighted by molar-refractivity contribution is -0.141. The third kappa shape index (κ3) is 8.09. The quantitative estimate of drug-likeness (QED) is 0.234. The van der Waals surface area contributed by atoms with Crippen LogP contribution >= 0.6 is 0 Å². The second-order valence-electron chi connectivity index (χ2n) is 12.7. The summed E-state index contributed by atoms with van der Waals surface area (Å²) in [4.78, 5) is 35.9. The monoisotopic (exact) mass is 646 g/mol. The van der Waals surface area contributed by atoms with Crippen LogP contribution in [-0.2, 0) is 26.1 Å². The van der Waals surface area contributed by atoms with Crippen molar-refractivity contribution >= 4 is 27.9 Å². The Hall–Kier alpha value is -4.75. The lowest BCUT2D eigenvalue weighted by Crippen LogP contribution is -2.54. The first kappa shape index (κ1) is 34.1. The van der Waals surface area contributed by atoms with Crippen molar-refractivity contribution in [1.29, 1.82) is 0 Å². The highest BCUT2D eigenvalue weighted by Crippen LogP contribution is 2.35. The van der Waals surface area contributed by atoms with Gasteiger partial charge in [0, 0.05) is 18.6 Å². The van der Waals surface area contributed by atoms with E-state index in [1.807, 2.05) is 30.3 Å². The fourth-order valence-electron chi connectivity index (χ4n) is 4.93. The number of aliphatic carboxylic acids is 1. The molecule has 242 valence electrons. The van der Waals surface area contributed by atoms with E-state index in [1.165, 1.54) is 47.3 Å². The SMILES string of the molecule is CC(C)(C)OC(=O)N(c1cccc(CN(C(c2ccccc2)c2ccnnc2)S(=O)(=O)c2cccnc2)n1)C(C(=O)O)C(C)(C)C. The maximum atomic E-state index is 14.4. The summed E-state index contributed by atoms with van der Waals surface area (Å²) in [7, 11) is -4.24. The molecule has 0 spiro atoms. The second-order valence-corrected chi connectivity index (χ2v) is 14.6. The van der Waals surface area contributed by atoms with E-state index in [4.69, 9.17) is 4.74 Å². The van der Waals surface area contributed by atoms with Crippen molar-refractivity contribution in [1.82, 2.24) is 24.5 Å². The summed E-state index contributed by atoms with van der Waals surface area (Å²) in [6.45, 7) is 9.87. The van der Waals surface area contributed by atoms with Gasteiger partial charge in [-0.1, -0.05) is 57.2 Å². The van der Waals surface area contributed by atoms with Crippen LogP contribution in [-0.4, -0.2) is 61.7 Å². The fourth-order valence-corrected chi connectivity index (χ4v) is 6.47. The molecule has 1 N–H and O–H groups in total. The summed E-state index contributed by atoms with van der Waals surface area (Å²) in [5.41, 5.74) is -0.390. The topological polar surface area (TPSA) is 156 Å². The Balaban J connectivity index is 1.90. The normalized spacial score (nSPS) is 13.5. The number of carboxylic acids is 1. The molecule has 0 aliphatic carbocycles. The van der Waals surface area contributed by atoms with E-state index < -0.39 is 45.2 Å². The number of hydrogen-bond acceptors (Lipinski definition) is 9. The molecule has 13 heteroatoms. The Labute approximate surface area is 269 Å². The van der Waals surface area contributed by atoms with Gasteiger partial charge in [0.05, 0.1) is 24.5 Å². The summed E-state index contributed by atoms with van der Waals surface area (Å²) in [6.07, 6.45) is 4.83. The Bertz CT molecular complexity index is 1700. The second kappa shape index (κ2) is 13.7. The van der Waals surface area contributed by atoms with Crippen LogP contribution in [0.2, 0.25) is 0 Å². The number of anilines is 1. The third-order valence-corrected chi connectivity index (χ3v) is 8.62. The van der Waals surface area contributed by atoms with Crippen LogP contribution in [0.4, 0.5) is 10.6 Å². The maximum absolute atomic E-state index is 14.4. The molecule has 4 rings (SSSR count). The average Bonchev–Trinajstić information content (AvgIpc) is 2.99. The van der Waals surface area contributed by atoms with Gasteiger partial charge in [0.1, 0.15) is 22.4 Å². The molecule has 0 bridgehead atoms. The molecular formula is C33H38N6O6S. The van der Waals surface area contributed by atoms with Crippen LogP contribution in [0.25, 0.3) is 0 Å². The van der Waals surface area contributed by atoms with E-state index in [9.17, 15) is 23.1 Å². The van der Waals surface area contributed by atoms with Crippen LogP contribution in [0.1, 0.15) is 64.4 Å². The predicted molar refractivity (Wildman–Crippen MR) is 171 cm³/mol. The van der Waals surface area contributed by atoms with Gasteiger partial charge in [-0.2, -0.15) is 14.5 Å². The Kier molecular flexibility index (Phi) is 10.2. The highest BCUT2D eigenvalue weighted by Gasteiger charge is 2.43. The van der Waals surface area contributed by atoms with Gasteiger partial charge in [0.2, 0.25) is 10.0 Å². The zero-order valence-corrected chi connectivity index (χ0v) is 27.4. The molecule has 0 saturated carbocycles. The predicted octanol–water partition coefficient (Wildman–Crippen LogP) is 5.49. The molecule has 2 atom stereocenters. The number of sulfonamides is 1. The summed E-state index contributed by atoms with van der Waals surface area (Å²) < 4.78 is 35.7.